The molecule has 0 amide bonds. The first-order valence-corrected chi connectivity index (χ1v) is 12.3. The lowest BCUT2D eigenvalue weighted by Crippen LogP contribution is -2.40. The second kappa shape index (κ2) is 10.9. The van der Waals surface area contributed by atoms with Crippen molar-refractivity contribution in [3.05, 3.63) is 66.3 Å². The summed E-state index contributed by atoms with van der Waals surface area (Å²) < 4.78 is 78.5. The average molecular weight is 501 g/mol. The number of hydrogen-bond donors (Lipinski definition) is 2. The van der Waals surface area contributed by atoms with Gasteiger partial charge in [0, 0.05) is 36.1 Å². The van der Waals surface area contributed by atoms with Gasteiger partial charge in [0.2, 0.25) is 5.13 Å². The van der Waals surface area contributed by atoms with Gasteiger partial charge in [-0.3, -0.25) is 4.72 Å². The van der Waals surface area contributed by atoms with Gasteiger partial charge >= 0.3 is 0 Å². The standard InChI is InChI=1S/C21H23F3N4O3S2/c1-3-15(22)5-4-13(2)16-6-7-25-10-14(16)11-31-19-8-18(24)20(9-17(19)23)33(29,30)28-21-26-12-27-32-21/h3-5,8-9,12,14,16,25H,2,6-7,10-11H2,1H3,(H,26,27,28)/b5-4-,15-3+/t14-,16-/m0/s1. The van der Waals surface area contributed by atoms with Gasteiger partial charge in [-0.25, -0.2) is 26.6 Å². The van der Waals surface area contributed by atoms with Gasteiger partial charge in [0.25, 0.3) is 10.0 Å². The fraction of sp³-hybridized carbons (Fsp3) is 0.333. The predicted octanol–water partition coefficient (Wildman–Crippen LogP) is 4.21. The Morgan fingerprint density at radius 1 is 1.36 bits per heavy atom. The third-order valence-electron chi connectivity index (χ3n) is 5.13. The van der Waals surface area contributed by atoms with E-state index in [0.717, 1.165) is 30.8 Å². The summed E-state index contributed by atoms with van der Waals surface area (Å²) >= 11 is 0.756. The molecule has 2 aromatic rings. The summed E-state index contributed by atoms with van der Waals surface area (Å²) in [4.78, 5) is 2.79. The van der Waals surface area contributed by atoms with Gasteiger partial charge in [0.1, 0.15) is 22.9 Å². The quantitative estimate of drug-likeness (QED) is 0.501. The fourth-order valence-electron chi connectivity index (χ4n) is 3.40. The van der Waals surface area contributed by atoms with E-state index in [0.29, 0.717) is 24.3 Å². The summed E-state index contributed by atoms with van der Waals surface area (Å²) in [7, 11) is -4.40. The van der Waals surface area contributed by atoms with Gasteiger partial charge < -0.3 is 10.1 Å². The summed E-state index contributed by atoms with van der Waals surface area (Å²) in [6.45, 7) is 6.90. The van der Waals surface area contributed by atoms with E-state index in [1.165, 1.54) is 12.2 Å². The Morgan fingerprint density at radius 3 is 2.85 bits per heavy atom. The second-order valence-electron chi connectivity index (χ2n) is 7.32. The summed E-state index contributed by atoms with van der Waals surface area (Å²) in [5.41, 5.74) is 0.706. The number of hydrogen-bond acceptors (Lipinski definition) is 7. The lowest BCUT2D eigenvalue weighted by Gasteiger charge is -2.32. The Bertz CT molecular complexity index is 1150. The van der Waals surface area contributed by atoms with Crippen LogP contribution in [0.1, 0.15) is 13.3 Å². The normalized spacial score (nSPS) is 19.6. The second-order valence-corrected chi connectivity index (χ2v) is 9.75. The Hall–Kier alpha value is -2.70. The van der Waals surface area contributed by atoms with Gasteiger partial charge in [-0.15, -0.1) is 0 Å². The number of benzene rings is 1. The van der Waals surface area contributed by atoms with Gasteiger partial charge in [0.05, 0.1) is 6.61 Å². The van der Waals surface area contributed by atoms with Crippen LogP contribution in [0.4, 0.5) is 18.3 Å². The van der Waals surface area contributed by atoms with Crippen LogP contribution >= 0.6 is 11.5 Å². The van der Waals surface area contributed by atoms with Gasteiger partial charge in [-0.1, -0.05) is 24.3 Å². The third-order valence-corrected chi connectivity index (χ3v) is 7.19. The van der Waals surface area contributed by atoms with Crippen molar-refractivity contribution < 1.29 is 26.3 Å². The molecule has 0 bridgehead atoms. The van der Waals surface area contributed by atoms with E-state index in [4.69, 9.17) is 4.74 Å². The fourth-order valence-corrected chi connectivity index (χ4v) is 5.14. The number of sulfonamides is 1. The average Bonchev–Trinajstić information content (AvgIpc) is 3.29. The predicted molar refractivity (Wildman–Crippen MR) is 120 cm³/mol. The number of rotatable bonds is 9. The summed E-state index contributed by atoms with van der Waals surface area (Å²) in [6.07, 6.45) is 6.11. The van der Waals surface area contributed by atoms with Crippen molar-refractivity contribution in [1.29, 1.82) is 0 Å². The van der Waals surface area contributed by atoms with Crippen LogP contribution in [0.15, 0.2) is 59.6 Å². The number of aromatic nitrogens is 2. The number of piperidine rings is 1. The number of halogens is 3. The molecule has 0 spiro atoms. The maximum atomic E-state index is 14.6. The molecule has 33 heavy (non-hydrogen) atoms. The topological polar surface area (TPSA) is 93.2 Å². The zero-order valence-electron chi connectivity index (χ0n) is 17.7. The molecule has 1 aliphatic rings. The van der Waals surface area contributed by atoms with Crippen molar-refractivity contribution in [2.24, 2.45) is 11.8 Å². The molecule has 1 aliphatic heterocycles. The van der Waals surface area contributed by atoms with Crippen LogP contribution in [0.5, 0.6) is 5.75 Å². The number of ether oxygens (including phenoxy) is 1. The molecule has 2 atom stereocenters. The highest BCUT2D eigenvalue weighted by Crippen LogP contribution is 2.30. The maximum Gasteiger partial charge on any atom is 0.266 e. The van der Waals surface area contributed by atoms with Gasteiger partial charge in [0.15, 0.2) is 11.6 Å². The Kier molecular flexibility index (Phi) is 8.27. The van der Waals surface area contributed by atoms with E-state index >= 15 is 0 Å². The molecule has 1 aromatic heterocycles. The molecule has 7 nitrogen and oxygen atoms in total. The molecule has 2 heterocycles. The number of nitrogens with zero attached hydrogens (tertiary/aromatic N) is 2. The Morgan fingerprint density at radius 2 is 2.15 bits per heavy atom. The first-order valence-electron chi connectivity index (χ1n) is 10.0. The van der Waals surface area contributed by atoms with Crippen LogP contribution in [0.25, 0.3) is 0 Å². The highest BCUT2D eigenvalue weighted by Gasteiger charge is 2.28. The molecule has 12 heteroatoms. The summed E-state index contributed by atoms with van der Waals surface area (Å²) in [6, 6.07) is 1.26. The summed E-state index contributed by atoms with van der Waals surface area (Å²) in [5, 5.41) is 3.14. The molecule has 0 radical (unpaired) electrons. The highest BCUT2D eigenvalue weighted by molar-refractivity contribution is 7.93. The van der Waals surface area contributed by atoms with E-state index in [1.54, 1.807) is 13.0 Å². The molecule has 0 saturated carbocycles. The first kappa shape index (κ1) is 24.9. The van der Waals surface area contributed by atoms with Gasteiger partial charge in [-0.2, -0.15) is 4.37 Å². The Balaban J connectivity index is 1.72. The van der Waals surface area contributed by atoms with Crippen LogP contribution in [0.2, 0.25) is 0 Å². The van der Waals surface area contributed by atoms with Crippen LogP contribution in [0.3, 0.4) is 0 Å². The van der Waals surface area contributed by atoms with Crippen LogP contribution in [-0.4, -0.2) is 37.5 Å². The van der Waals surface area contributed by atoms with Crippen LogP contribution < -0.4 is 14.8 Å². The van der Waals surface area contributed by atoms with Crippen molar-refractivity contribution in [2.75, 3.05) is 24.4 Å². The van der Waals surface area contributed by atoms with Crippen molar-refractivity contribution in [3.63, 3.8) is 0 Å². The van der Waals surface area contributed by atoms with E-state index in [2.05, 4.69) is 21.3 Å². The lowest BCUT2D eigenvalue weighted by molar-refractivity contribution is 0.175. The minimum absolute atomic E-state index is 0.0299. The first-order chi connectivity index (χ1) is 15.7. The minimum Gasteiger partial charge on any atom is -0.490 e. The van der Waals surface area contributed by atoms with Crippen molar-refractivity contribution >= 4 is 26.7 Å². The number of nitrogens with one attached hydrogen (secondary N) is 2. The zero-order valence-corrected chi connectivity index (χ0v) is 19.4. The minimum atomic E-state index is -4.40. The number of anilines is 1. The summed E-state index contributed by atoms with van der Waals surface area (Å²) in [5.74, 6) is -3.16. The van der Waals surface area contributed by atoms with E-state index in [9.17, 15) is 21.6 Å². The monoisotopic (exact) mass is 500 g/mol. The molecular weight excluding hydrogens is 477 g/mol. The molecule has 1 aromatic carbocycles. The largest absolute Gasteiger partial charge is 0.490 e. The van der Waals surface area contributed by atoms with Crippen molar-refractivity contribution in [2.45, 2.75) is 18.2 Å². The highest BCUT2D eigenvalue weighted by atomic mass is 32.2. The molecular formula is C21H23F3N4O3S2. The van der Waals surface area contributed by atoms with E-state index in [-0.39, 0.29) is 29.4 Å². The maximum absolute atomic E-state index is 14.6. The van der Waals surface area contributed by atoms with E-state index < -0.39 is 32.3 Å². The smallest absolute Gasteiger partial charge is 0.266 e. The molecule has 0 unspecified atom stereocenters. The molecule has 1 saturated heterocycles. The zero-order chi connectivity index (χ0) is 24.0. The lowest BCUT2D eigenvalue weighted by atomic mass is 9.81. The van der Waals surface area contributed by atoms with Crippen molar-refractivity contribution in [1.82, 2.24) is 14.7 Å². The van der Waals surface area contributed by atoms with Gasteiger partial charge in [-0.05, 0) is 31.9 Å². The Labute approximate surface area is 194 Å². The molecule has 178 valence electrons. The SMILES string of the molecule is C=C(/C=C\C(F)=C/C)[C@@H]1CCNC[C@H]1COc1cc(F)c(S(=O)(=O)Nc2ncns2)cc1F. The molecule has 1 fully saturated rings. The van der Waals surface area contributed by atoms with Crippen LogP contribution in [0, 0.1) is 23.5 Å². The molecule has 0 aliphatic carbocycles. The van der Waals surface area contributed by atoms with Crippen molar-refractivity contribution in [3.8, 4) is 5.75 Å². The number of allylic oxidation sites excluding steroid dienone is 5. The van der Waals surface area contributed by atoms with Crippen LogP contribution in [-0.2, 0) is 10.0 Å². The third kappa shape index (κ3) is 6.42. The van der Waals surface area contributed by atoms with E-state index in [1.807, 2.05) is 4.72 Å². The molecule has 3 rings (SSSR count). The molecule has 2 N–H and O–H groups in total.